The SMILES string of the molecule is NC1CCCCN(C2CC2)C1c1ccc(Br)c(F)c1. The van der Waals surface area contributed by atoms with E-state index in [0.717, 1.165) is 18.5 Å². The van der Waals surface area contributed by atoms with Crippen LogP contribution in [0.25, 0.3) is 0 Å². The molecule has 0 amide bonds. The van der Waals surface area contributed by atoms with E-state index < -0.39 is 0 Å². The second kappa shape index (κ2) is 5.51. The van der Waals surface area contributed by atoms with Gasteiger partial charge < -0.3 is 5.73 Å². The lowest BCUT2D eigenvalue weighted by atomic mass is 9.96. The van der Waals surface area contributed by atoms with Crippen LogP contribution in [0.2, 0.25) is 0 Å². The average molecular weight is 327 g/mol. The number of halogens is 2. The van der Waals surface area contributed by atoms with E-state index in [4.69, 9.17) is 5.73 Å². The maximum Gasteiger partial charge on any atom is 0.137 e. The first-order chi connectivity index (χ1) is 9.16. The summed E-state index contributed by atoms with van der Waals surface area (Å²) in [5.74, 6) is -0.190. The Kier molecular flexibility index (Phi) is 3.92. The fourth-order valence-electron chi connectivity index (χ4n) is 3.17. The van der Waals surface area contributed by atoms with E-state index in [1.807, 2.05) is 6.07 Å². The van der Waals surface area contributed by atoms with Gasteiger partial charge in [-0.1, -0.05) is 12.5 Å². The second-order valence-corrected chi connectivity index (χ2v) is 6.60. The third-order valence-electron chi connectivity index (χ3n) is 4.27. The highest BCUT2D eigenvalue weighted by Crippen LogP contribution is 2.39. The van der Waals surface area contributed by atoms with E-state index >= 15 is 0 Å². The Morgan fingerprint density at radius 2 is 2.00 bits per heavy atom. The summed E-state index contributed by atoms with van der Waals surface area (Å²) in [6.45, 7) is 1.10. The molecule has 2 atom stereocenters. The highest BCUT2D eigenvalue weighted by atomic mass is 79.9. The molecule has 1 aliphatic heterocycles. The van der Waals surface area contributed by atoms with Crippen molar-refractivity contribution in [2.75, 3.05) is 6.54 Å². The molecule has 2 aliphatic rings. The minimum atomic E-state index is -0.190. The van der Waals surface area contributed by atoms with Gasteiger partial charge in [0.2, 0.25) is 0 Å². The van der Waals surface area contributed by atoms with Crippen molar-refractivity contribution in [2.24, 2.45) is 5.73 Å². The van der Waals surface area contributed by atoms with E-state index in [1.54, 1.807) is 12.1 Å². The van der Waals surface area contributed by atoms with E-state index in [1.165, 1.54) is 25.7 Å². The summed E-state index contributed by atoms with van der Waals surface area (Å²) in [5, 5.41) is 0. The molecule has 0 bridgehead atoms. The minimum absolute atomic E-state index is 0.115. The second-order valence-electron chi connectivity index (χ2n) is 5.75. The molecule has 2 N–H and O–H groups in total. The lowest BCUT2D eigenvalue weighted by Gasteiger charge is -2.34. The lowest BCUT2D eigenvalue weighted by molar-refractivity contribution is 0.175. The van der Waals surface area contributed by atoms with Crippen LogP contribution in [0.4, 0.5) is 4.39 Å². The maximum absolute atomic E-state index is 13.8. The van der Waals surface area contributed by atoms with Crippen LogP contribution >= 0.6 is 15.9 Å². The molecular weight excluding hydrogens is 307 g/mol. The van der Waals surface area contributed by atoms with E-state index in [0.29, 0.717) is 10.5 Å². The molecule has 4 heteroatoms. The number of likely N-dealkylation sites (tertiary alicyclic amines) is 1. The quantitative estimate of drug-likeness (QED) is 0.899. The Bertz CT molecular complexity index is 461. The standard InChI is InChI=1S/C15H20BrFN2/c16-12-7-4-10(9-13(12)17)15-14(18)3-1-2-8-19(15)11-5-6-11/h4,7,9,11,14-15H,1-3,5-6,8,18H2. The van der Waals surface area contributed by atoms with Gasteiger partial charge in [-0.3, -0.25) is 4.90 Å². The van der Waals surface area contributed by atoms with Crippen LogP contribution in [0.5, 0.6) is 0 Å². The first kappa shape index (κ1) is 13.5. The molecule has 1 saturated heterocycles. The molecule has 1 heterocycles. The Balaban J connectivity index is 1.93. The van der Waals surface area contributed by atoms with Crippen molar-refractivity contribution < 1.29 is 4.39 Å². The first-order valence-corrected chi connectivity index (χ1v) is 7.92. The lowest BCUT2D eigenvalue weighted by Crippen LogP contribution is -2.41. The van der Waals surface area contributed by atoms with E-state index in [-0.39, 0.29) is 17.9 Å². The van der Waals surface area contributed by atoms with Crippen LogP contribution < -0.4 is 5.73 Å². The smallest absolute Gasteiger partial charge is 0.137 e. The van der Waals surface area contributed by atoms with E-state index in [2.05, 4.69) is 20.8 Å². The topological polar surface area (TPSA) is 29.3 Å². The Hall–Kier alpha value is -0.450. The van der Waals surface area contributed by atoms with Gasteiger partial charge in [0, 0.05) is 12.1 Å². The molecule has 2 unspecified atom stereocenters. The van der Waals surface area contributed by atoms with Gasteiger partial charge in [0.15, 0.2) is 0 Å². The number of hydrogen-bond donors (Lipinski definition) is 1. The summed E-state index contributed by atoms with van der Waals surface area (Å²) < 4.78 is 14.3. The van der Waals surface area contributed by atoms with Crippen molar-refractivity contribution in [1.82, 2.24) is 4.90 Å². The van der Waals surface area contributed by atoms with Gasteiger partial charge in [-0.2, -0.15) is 0 Å². The molecule has 0 radical (unpaired) electrons. The Labute approximate surface area is 122 Å². The van der Waals surface area contributed by atoms with Crippen molar-refractivity contribution in [2.45, 2.75) is 50.2 Å². The van der Waals surface area contributed by atoms with Crippen molar-refractivity contribution in [3.05, 3.63) is 34.1 Å². The molecule has 1 saturated carbocycles. The number of benzene rings is 1. The summed E-state index contributed by atoms with van der Waals surface area (Å²) in [6, 6.07) is 6.42. The number of nitrogens with two attached hydrogens (primary N) is 1. The summed E-state index contributed by atoms with van der Waals surface area (Å²) in [5.41, 5.74) is 7.41. The van der Waals surface area contributed by atoms with Crippen LogP contribution in [0.1, 0.15) is 43.7 Å². The van der Waals surface area contributed by atoms with Crippen molar-refractivity contribution in [3.63, 3.8) is 0 Å². The third-order valence-corrected chi connectivity index (χ3v) is 4.91. The van der Waals surface area contributed by atoms with Crippen LogP contribution in [0.15, 0.2) is 22.7 Å². The first-order valence-electron chi connectivity index (χ1n) is 7.13. The van der Waals surface area contributed by atoms with Crippen LogP contribution in [0, 0.1) is 5.82 Å². The van der Waals surface area contributed by atoms with Crippen LogP contribution in [-0.4, -0.2) is 23.5 Å². The molecule has 2 nitrogen and oxygen atoms in total. The van der Waals surface area contributed by atoms with Gasteiger partial charge >= 0.3 is 0 Å². The summed E-state index contributed by atoms with van der Waals surface area (Å²) in [6.07, 6.45) is 5.95. The van der Waals surface area contributed by atoms with Crippen LogP contribution in [0.3, 0.4) is 0 Å². The third kappa shape index (κ3) is 2.86. The van der Waals surface area contributed by atoms with Gasteiger partial charge in [-0.15, -0.1) is 0 Å². The zero-order chi connectivity index (χ0) is 13.4. The molecule has 19 heavy (non-hydrogen) atoms. The molecular formula is C15H20BrFN2. The number of hydrogen-bond acceptors (Lipinski definition) is 2. The molecule has 1 aromatic rings. The molecule has 1 aromatic carbocycles. The molecule has 104 valence electrons. The highest BCUT2D eigenvalue weighted by Gasteiger charge is 2.38. The summed E-state index contributed by atoms with van der Waals surface area (Å²) in [4.78, 5) is 2.51. The van der Waals surface area contributed by atoms with Crippen LogP contribution in [-0.2, 0) is 0 Å². The van der Waals surface area contributed by atoms with Gasteiger partial charge in [-0.25, -0.2) is 4.39 Å². The zero-order valence-electron chi connectivity index (χ0n) is 11.0. The van der Waals surface area contributed by atoms with Gasteiger partial charge in [-0.05, 0) is 65.9 Å². The summed E-state index contributed by atoms with van der Waals surface area (Å²) >= 11 is 3.22. The average Bonchev–Trinajstić information content (AvgIpc) is 3.20. The van der Waals surface area contributed by atoms with Gasteiger partial charge in [0.05, 0.1) is 10.5 Å². The normalized spacial score (nSPS) is 29.2. The van der Waals surface area contributed by atoms with Crippen molar-refractivity contribution >= 4 is 15.9 Å². The monoisotopic (exact) mass is 326 g/mol. The maximum atomic E-state index is 13.8. The Morgan fingerprint density at radius 1 is 1.21 bits per heavy atom. The number of rotatable bonds is 2. The number of nitrogens with zero attached hydrogens (tertiary/aromatic N) is 1. The van der Waals surface area contributed by atoms with Crippen molar-refractivity contribution in [3.8, 4) is 0 Å². The Morgan fingerprint density at radius 3 is 2.68 bits per heavy atom. The molecule has 0 aromatic heterocycles. The summed E-state index contributed by atoms with van der Waals surface area (Å²) in [7, 11) is 0. The largest absolute Gasteiger partial charge is 0.326 e. The molecule has 3 rings (SSSR count). The predicted octanol–water partition coefficient (Wildman–Crippen LogP) is 3.60. The van der Waals surface area contributed by atoms with Crippen molar-refractivity contribution in [1.29, 1.82) is 0 Å². The fourth-order valence-corrected chi connectivity index (χ4v) is 3.41. The van der Waals surface area contributed by atoms with E-state index in [9.17, 15) is 4.39 Å². The highest BCUT2D eigenvalue weighted by molar-refractivity contribution is 9.10. The molecule has 0 spiro atoms. The minimum Gasteiger partial charge on any atom is -0.326 e. The van der Waals surface area contributed by atoms with Gasteiger partial charge in [0.25, 0.3) is 0 Å². The van der Waals surface area contributed by atoms with Gasteiger partial charge in [0.1, 0.15) is 5.82 Å². The fraction of sp³-hybridized carbons (Fsp3) is 0.600. The molecule has 2 fully saturated rings. The molecule has 1 aliphatic carbocycles. The predicted molar refractivity (Wildman–Crippen MR) is 78.4 cm³/mol. The zero-order valence-corrected chi connectivity index (χ0v) is 12.6.